The average Bonchev–Trinajstić information content (AvgIpc) is 3.12. The third-order valence-electron chi connectivity index (χ3n) is 4.35. The lowest BCUT2D eigenvalue weighted by atomic mass is 10.1. The number of hydrogen-bond acceptors (Lipinski definition) is 4. The molecule has 4 nitrogen and oxygen atoms in total. The molecular weight excluding hydrogens is 378 g/mol. The molecule has 0 aliphatic rings. The molecule has 0 N–H and O–H groups in total. The highest BCUT2D eigenvalue weighted by Crippen LogP contribution is 2.35. The van der Waals surface area contributed by atoms with Crippen LogP contribution in [0, 0.1) is 11.6 Å². The van der Waals surface area contributed by atoms with Gasteiger partial charge in [0.2, 0.25) is 0 Å². The maximum absolute atomic E-state index is 14.6. The molecular formula is C21H18F2N2O2Si. The van der Waals surface area contributed by atoms with Gasteiger partial charge in [-0.1, -0.05) is 43.0 Å². The number of aromatic nitrogens is 2. The maximum Gasteiger partial charge on any atom is 0.149 e. The van der Waals surface area contributed by atoms with Crippen molar-refractivity contribution < 1.29 is 18.0 Å². The van der Waals surface area contributed by atoms with Gasteiger partial charge < -0.3 is 9.26 Å². The Morgan fingerprint density at radius 3 is 2.46 bits per heavy atom. The molecule has 2 aromatic heterocycles. The molecule has 7 heteroatoms. The minimum atomic E-state index is -1.73. The SMILES string of the molecule is C[Si](C)(C)c1cc(-c2c(F)cccc2Oc2cnc3c(F)cccc3c2)no1. The van der Waals surface area contributed by atoms with Gasteiger partial charge in [-0.3, -0.25) is 0 Å². The fraction of sp³-hybridized carbons (Fsp3) is 0.143. The zero-order valence-electron chi connectivity index (χ0n) is 15.7. The van der Waals surface area contributed by atoms with Gasteiger partial charge in [0.1, 0.15) is 47.8 Å². The van der Waals surface area contributed by atoms with Crippen LogP contribution in [0.3, 0.4) is 0 Å². The molecule has 2 heterocycles. The van der Waals surface area contributed by atoms with Crippen LogP contribution in [-0.2, 0) is 0 Å². The summed E-state index contributed by atoms with van der Waals surface area (Å²) in [5, 5.41) is 5.42. The molecule has 0 spiro atoms. The van der Waals surface area contributed by atoms with Crippen LogP contribution in [0.5, 0.6) is 11.5 Å². The number of para-hydroxylation sites is 1. The number of fused-ring (bicyclic) bond motifs is 1. The summed E-state index contributed by atoms with van der Waals surface area (Å²) in [6, 6.07) is 12.7. The van der Waals surface area contributed by atoms with E-state index < -0.39 is 19.7 Å². The first-order valence-corrected chi connectivity index (χ1v) is 12.3. The average molecular weight is 396 g/mol. The molecule has 0 saturated heterocycles. The van der Waals surface area contributed by atoms with Crippen molar-refractivity contribution in [3.8, 4) is 22.8 Å². The van der Waals surface area contributed by atoms with Crippen LogP contribution < -0.4 is 10.1 Å². The maximum atomic E-state index is 14.6. The lowest BCUT2D eigenvalue weighted by Gasteiger charge is -2.11. The predicted molar refractivity (Wildman–Crippen MR) is 107 cm³/mol. The van der Waals surface area contributed by atoms with Gasteiger partial charge in [-0.15, -0.1) is 0 Å². The molecule has 0 radical (unpaired) electrons. The first kappa shape index (κ1) is 18.3. The van der Waals surface area contributed by atoms with Crippen molar-refractivity contribution in [2.24, 2.45) is 0 Å². The summed E-state index contributed by atoms with van der Waals surface area (Å²) in [5.74, 6) is -0.212. The zero-order valence-corrected chi connectivity index (χ0v) is 16.7. The second-order valence-electron chi connectivity index (χ2n) is 7.52. The summed E-state index contributed by atoms with van der Waals surface area (Å²) in [7, 11) is -1.73. The van der Waals surface area contributed by atoms with E-state index in [2.05, 4.69) is 29.8 Å². The number of nitrogens with zero attached hydrogens (tertiary/aromatic N) is 2. The Kier molecular flexibility index (Phi) is 4.47. The van der Waals surface area contributed by atoms with E-state index >= 15 is 0 Å². The second kappa shape index (κ2) is 6.83. The molecule has 28 heavy (non-hydrogen) atoms. The molecule has 0 saturated carbocycles. The number of halogens is 2. The highest BCUT2D eigenvalue weighted by Gasteiger charge is 2.25. The Morgan fingerprint density at radius 2 is 1.71 bits per heavy atom. The lowest BCUT2D eigenvalue weighted by Crippen LogP contribution is -2.36. The van der Waals surface area contributed by atoms with E-state index in [-0.39, 0.29) is 16.8 Å². The topological polar surface area (TPSA) is 48.2 Å². The summed E-state index contributed by atoms with van der Waals surface area (Å²) < 4.78 is 39.8. The summed E-state index contributed by atoms with van der Waals surface area (Å²) in [6.45, 7) is 6.36. The van der Waals surface area contributed by atoms with Crippen LogP contribution in [0.25, 0.3) is 22.2 Å². The van der Waals surface area contributed by atoms with Crippen LogP contribution in [0.2, 0.25) is 19.6 Å². The zero-order chi connectivity index (χ0) is 19.9. The van der Waals surface area contributed by atoms with Crippen molar-refractivity contribution in [2.75, 3.05) is 0 Å². The third-order valence-corrected chi connectivity index (χ3v) is 6.06. The summed E-state index contributed by atoms with van der Waals surface area (Å²) in [6.07, 6.45) is 1.41. The molecule has 2 aromatic carbocycles. The van der Waals surface area contributed by atoms with Crippen LogP contribution >= 0.6 is 0 Å². The Balaban J connectivity index is 1.75. The van der Waals surface area contributed by atoms with Crippen molar-refractivity contribution in [1.29, 1.82) is 0 Å². The van der Waals surface area contributed by atoms with Crippen LogP contribution in [0.1, 0.15) is 0 Å². The number of rotatable bonds is 4. The van der Waals surface area contributed by atoms with Gasteiger partial charge >= 0.3 is 0 Å². The van der Waals surface area contributed by atoms with Crippen molar-refractivity contribution in [1.82, 2.24) is 10.1 Å². The van der Waals surface area contributed by atoms with Crippen molar-refractivity contribution >= 4 is 24.4 Å². The Labute approximate surface area is 161 Å². The molecule has 142 valence electrons. The Hall–Kier alpha value is -3.06. The molecule has 0 aliphatic heterocycles. The Morgan fingerprint density at radius 1 is 0.964 bits per heavy atom. The van der Waals surface area contributed by atoms with Crippen molar-refractivity contribution in [2.45, 2.75) is 19.6 Å². The quantitative estimate of drug-likeness (QED) is 0.427. The molecule has 0 atom stereocenters. The monoisotopic (exact) mass is 396 g/mol. The van der Waals surface area contributed by atoms with E-state index in [1.807, 2.05) is 0 Å². The van der Waals surface area contributed by atoms with Crippen LogP contribution in [0.4, 0.5) is 8.78 Å². The largest absolute Gasteiger partial charge is 0.455 e. The van der Waals surface area contributed by atoms with Crippen LogP contribution in [0.15, 0.2) is 59.3 Å². The summed E-state index contributed by atoms with van der Waals surface area (Å²) >= 11 is 0. The van der Waals surface area contributed by atoms with Gasteiger partial charge in [0.15, 0.2) is 0 Å². The van der Waals surface area contributed by atoms with E-state index in [0.717, 1.165) is 5.38 Å². The molecule has 0 fully saturated rings. The van der Waals surface area contributed by atoms with Gasteiger partial charge in [-0.25, -0.2) is 13.8 Å². The summed E-state index contributed by atoms with van der Waals surface area (Å²) in [4.78, 5) is 4.12. The van der Waals surface area contributed by atoms with E-state index in [9.17, 15) is 8.78 Å². The van der Waals surface area contributed by atoms with E-state index in [0.29, 0.717) is 16.8 Å². The smallest absolute Gasteiger partial charge is 0.149 e. The Bertz CT molecular complexity index is 1170. The van der Waals surface area contributed by atoms with Gasteiger partial charge in [-0.05, 0) is 24.3 Å². The summed E-state index contributed by atoms with van der Waals surface area (Å²) in [5.41, 5.74) is 0.853. The van der Waals surface area contributed by atoms with Gasteiger partial charge in [0, 0.05) is 11.5 Å². The fourth-order valence-electron chi connectivity index (χ4n) is 2.87. The normalized spacial score (nSPS) is 11.8. The third kappa shape index (κ3) is 3.40. The van der Waals surface area contributed by atoms with E-state index in [1.165, 1.54) is 18.3 Å². The number of ether oxygens (including phenoxy) is 1. The minimum Gasteiger partial charge on any atom is -0.455 e. The minimum absolute atomic E-state index is 0.218. The molecule has 4 aromatic rings. The molecule has 0 unspecified atom stereocenters. The highest BCUT2D eigenvalue weighted by atomic mass is 28.3. The number of hydrogen-bond donors (Lipinski definition) is 0. The molecule has 4 rings (SSSR count). The number of pyridine rings is 1. The lowest BCUT2D eigenvalue weighted by molar-refractivity contribution is 0.443. The molecule has 0 bridgehead atoms. The second-order valence-corrected chi connectivity index (χ2v) is 12.5. The number of benzene rings is 2. The van der Waals surface area contributed by atoms with E-state index in [4.69, 9.17) is 9.26 Å². The molecule has 0 aliphatic carbocycles. The van der Waals surface area contributed by atoms with E-state index in [1.54, 1.807) is 36.4 Å². The van der Waals surface area contributed by atoms with Gasteiger partial charge in [0.05, 0.1) is 11.8 Å². The standard InChI is InChI=1S/C21H18F2N2O2Si/c1-28(2,3)19-11-17(25-27-19)20-15(22)7-5-9-18(20)26-14-10-13-6-4-8-16(23)21(13)24-12-14/h4-12H,1-3H3. The van der Waals surface area contributed by atoms with Crippen molar-refractivity contribution in [3.63, 3.8) is 0 Å². The molecule has 0 amide bonds. The first-order valence-electron chi connectivity index (χ1n) is 8.81. The van der Waals surface area contributed by atoms with Crippen LogP contribution in [-0.4, -0.2) is 18.2 Å². The first-order chi connectivity index (χ1) is 13.3. The van der Waals surface area contributed by atoms with Crippen molar-refractivity contribution in [3.05, 3.63) is 66.4 Å². The van der Waals surface area contributed by atoms with Gasteiger partial charge in [0.25, 0.3) is 0 Å². The highest BCUT2D eigenvalue weighted by molar-refractivity contribution is 6.87. The van der Waals surface area contributed by atoms with Gasteiger partial charge in [-0.2, -0.15) is 0 Å². The predicted octanol–water partition coefficient (Wildman–Crippen LogP) is 5.51. The fourth-order valence-corrected chi connectivity index (χ4v) is 3.76.